The lowest BCUT2D eigenvalue weighted by atomic mass is 9.90. The fourth-order valence-corrected chi connectivity index (χ4v) is 5.61. The van der Waals surface area contributed by atoms with E-state index < -0.39 is 56.1 Å². The van der Waals surface area contributed by atoms with Gasteiger partial charge in [0.05, 0.1) is 24.3 Å². The molecule has 16 heteroatoms. The van der Waals surface area contributed by atoms with Crippen molar-refractivity contribution in [1.29, 1.82) is 5.26 Å². The smallest absolute Gasteiger partial charge is 0.459 e. The third-order valence-electron chi connectivity index (χ3n) is 6.17. The molecule has 0 bridgehead atoms. The standard InChI is InChI=1S/C24H29FN7O7P/c1-14(2)37-22(34)15(3)31-40(35,39-16-8-6-5-7-9-16)36-11-18-19(33)23(4,25)24(12-26,38-18)32-21-17(10-30-32)20(27)28-13-29-21/h5-10,13-15,18-19,33H,11H2,1-4H3,(H,31,35)(H2,27,28,29)/t15?,18-,19-,23-,24-,40-/m1/s1. The summed E-state index contributed by atoms with van der Waals surface area (Å²) in [5, 5.41) is 27.8. The molecule has 0 spiro atoms. The number of benzene rings is 1. The Morgan fingerprint density at radius 1 is 1.35 bits per heavy atom. The molecule has 3 aromatic rings. The zero-order valence-corrected chi connectivity index (χ0v) is 23.0. The molecule has 0 amide bonds. The van der Waals surface area contributed by atoms with Crippen molar-refractivity contribution < 1.29 is 37.4 Å². The number of alkyl halides is 1. The number of nitriles is 1. The van der Waals surface area contributed by atoms with Crippen molar-refractivity contribution in [2.24, 2.45) is 0 Å². The average Bonchev–Trinajstić information content (AvgIpc) is 3.41. The van der Waals surface area contributed by atoms with Crippen LogP contribution in [-0.4, -0.2) is 67.5 Å². The van der Waals surface area contributed by atoms with Crippen molar-refractivity contribution in [3.8, 4) is 11.8 Å². The maximum Gasteiger partial charge on any atom is 0.459 e. The van der Waals surface area contributed by atoms with E-state index in [2.05, 4.69) is 20.2 Å². The number of hydrogen-bond acceptors (Lipinski definition) is 12. The molecule has 2 aromatic heterocycles. The highest BCUT2D eigenvalue weighted by molar-refractivity contribution is 7.52. The Kier molecular flexibility index (Phi) is 8.11. The van der Waals surface area contributed by atoms with Crippen LogP contribution >= 0.6 is 7.75 Å². The number of fused-ring (bicyclic) bond motifs is 1. The van der Waals surface area contributed by atoms with Gasteiger partial charge in [-0.05, 0) is 39.8 Å². The highest BCUT2D eigenvalue weighted by Gasteiger charge is 2.68. The summed E-state index contributed by atoms with van der Waals surface area (Å²) < 4.78 is 52.9. The number of nitrogens with one attached hydrogen (secondary N) is 1. The third-order valence-corrected chi connectivity index (χ3v) is 7.82. The second-order valence-electron chi connectivity index (χ2n) is 9.52. The molecule has 1 aliphatic rings. The van der Waals surface area contributed by atoms with Crippen molar-refractivity contribution in [2.75, 3.05) is 12.3 Å². The summed E-state index contributed by atoms with van der Waals surface area (Å²) in [5.41, 5.74) is 0.553. The molecule has 3 heterocycles. The van der Waals surface area contributed by atoms with E-state index in [4.69, 9.17) is 24.3 Å². The van der Waals surface area contributed by atoms with Gasteiger partial charge in [-0.2, -0.15) is 20.1 Å². The number of nitrogens with zero attached hydrogens (tertiary/aromatic N) is 5. The summed E-state index contributed by atoms with van der Waals surface area (Å²) in [6, 6.07) is 8.58. The second kappa shape index (κ2) is 11.1. The molecule has 1 unspecified atom stereocenters. The summed E-state index contributed by atoms with van der Waals surface area (Å²) in [6.07, 6.45) is -1.59. The first-order valence-corrected chi connectivity index (χ1v) is 13.8. The number of carbonyl (C=O) groups excluding carboxylic acids is 1. The molecule has 40 heavy (non-hydrogen) atoms. The second-order valence-corrected chi connectivity index (χ2v) is 11.2. The Hall–Kier alpha value is -3.67. The Labute approximate surface area is 228 Å². The number of carbonyl (C=O) groups is 1. The van der Waals surface area contributed by atoms with Gasteiger partial charge in [0, 0.05) is 0 Å². The van der Waals surface area contributed by atoms with Gasteiger partial charge in [0.1, 0.15) is 42.2 Å². The average molecular weight is 578 g/mol. The van der Waals surface area contributed by atoms with E-state index >= 15 is 4.39 Å². The Morgan fingerprint density at radius 2 is 2.05 bits per heavy atom. The van der Waals surface area contributed by atoms with Gasteiger partial charge < -0.3 is 24.8 Å². The first kappa shape index (κ1) is 29.3. The van der Waals surface area contributed by atoms with Crippen LogP contribution in [0.5, 0.6) is 5.75 Å². The van der Waals surface area contributed by atoms with Gasteiger partial charge in [0.25, 0.3) is 5.72 Å². The van der Waals surface area contributed by atoms with E-state index in [1.807, 2.05) is 0 Å². The lowest BCUT2D eigenvalue weighted by Gasteiger charge is -2.31. The van der Waals surface area contributed by atoms with E-state index in [9.17, 15) is 19.7 Å². The van der Waals surface area contributed by atoms with E-state index in [1.165, 1.54) is 25.3 Å². The highest BCUT2D eigenvalue weighted by Crippen LogP contribution is 2.50. The van der Waals surface area contributed by atoms with Crippen LogP contribution in [0, 0.1) is 11.3 Å². The number of rotatable bonds is 10. The number of esters is 1. The zero-order valence-electron chi connectivity index (χ0n) is 22.1. The number of aliphatic hydroxyl groups excluding tert-OH is 1. The molecule has 14 nitrogen and oxygen atoms in total. The molecule has 1 aliphatic heterocycles. The van der Waals surface area contributed by atoms with E-state index in [-0.39, 0.29) is 22.6 Å². The van der Waals surface area contributed by atoms with Crippen molar-refractivity contribution in [3.05, 3.63) is 42.9 Å². The number of ether oxygens (including phenoxy) is 2. The molecule has 214 valence electrons. The number of hydrogen-bond donors (Lipinski definition) is 3. The highest BCUT2D eigenvalue weighted by atomic mass is 31.2. The van der Waals surface area contributed by atoms with Crippen LogP contribution in [0.25, 0.3) is 11.0 Å². The Morgan fingerprint density at radius 3 is 2.70 bits per heavy atom. The number of aliphatic hydroxyl groups is 1. The van der Waals surface area contributed by atoms with Gasteiger partial charge in [0.15, 0.2) is 11.3 Å². The molecule has 4 N–H and O–H groups in total. The summed E-state index contributed by atoms with van der Waals surface area (Å²) >= 11 is 0. The quantitative estimate of drug-likeness (QED) is 0.234. The number of para-hydroxylation sites is 1. The molecule has 4 rings (SSSR count). The van der Waals surface area contributed by atoms with Crippen LogP contribution < -0.4 is 15.3 Å². The number of nitrogens with two attached hydrogens (primary N) is 1. The van der Waals surface area contributed by atoms with Crippen LogP contribution in [0.2, 0.25) is 0 Å². The molecular weight excluding hydrogens is 548 g/mol. The Balaban J connectivity index is 1.61. The van der Waals surface area contributed by atoms with Gasteiger partial charge in [0.2, 0.25) is 0 Å². The van der Waals surface area contributed by atoms with Crippen LogP contribution in [-0.2, 0) is 29.1 Å². The summed E-state index contributed by atoms with van der Waals surface area (Å²) in [4.78, 5) is 20.3. The number of halogens is 1. The van der Waals surface area contributed by atoms with Crippen molar-refractivity contribution in [3.63, 3.8) is 0 Å². The summed E-state index contributed by atoms with van der Waals surface area (Å²) in [5.74, 6) is -0.546. The van der Waals surface area contributed by atoms with Crippen LogP contribution in [0.15, 0.2) is 42.9 Å². The van der Waals surface area contributed by atoms with E-state index in [0.717, 1.165) is 17.9 Å². The van der Waals surface area contributed by atoms with Crippen molar-refractivity contribution in [1.82, 2.24) is 24.8 Å². The topological polar surface area (TPSA) is 197 Å². The predicted octanol–water partition coefficient (Wildman–Crippen LogP) is 2.21. The number of nitrogen functional groups attached to an aromatic ring is 1. The molecular formula is C24H29FN7O7P. The SMILES string of the molecule is CC(C)OC(=O)C(C)N[P@@](=O)(OC[C@H]1O[C@@](C#N)(n2ncc3c(N)ncnc32)[C@](C)(F)[C@@H]1O)Oc1ccccc1. The molecule has 0 aliphatic carbocycles. The summed E-state index contributed by atoms with van der Waals surface area (Å²) in [6.45, 7) is 4.94. The third kappa shape index (κ3) is 5.36. The molecule has 1 saturated heterocycles. The first-order chi connectivity index (χ1) is 18.8. The molecule has 1 fully saturated rings. The molecule has 0 saturated carbocycles. The van der Waals surface area contributed by atoms with Gasteiger partial charge >= 0.3 is 13.7 Å². The van der Waals surface area contributed by atoms with Gasteiger partial charge in [-0.3, -0.25) is 9.32 Å². The van der Waals surface area contributed by atoms with Crippen molar-refractivity contribution in [2.45, 2.75) is 63.4 Å². The predicted molar refractivity (Wildman–Crippen MR) is 138 cm³/mol. The summed E-state index contributed by atoms with van der Waals surface area (Å²) in [7, 11) is -4.38. The zero-order chi connectivity index (χ0) is 29.3. The maximum absolute atomic E-state index is 16.2. The monoisotopic (exact) mass is 577 g/mol. The fourth-order valence-electron chi connectivity index (χ4n) is 4.11. The van der Waals surface area contributed by atoms with Crippen LogP contribution in [0.1, 0.15) is 27.7 Å². The maximum atomic E-state index is 16.2. The lowest BCUT2D eigenvalue weighted by Crippen LogP contribution is -2.52. The number of anilines is 1. The van der Waals surface area contributed by atoms with Crippen LogP contribution in [0.3, 0.4) is 0 Å². The first-order valence-electron chi connectivity index (χ1n) is 12.2. The normalized spacial score (nSPS) is 26.8. The molecule has 6 atom stereocenters. The molecule has 1 aromatic carbocycles. The molecule has 0 radical (unpaired) electrons. The van der Waals surface area contributed by atoms with Crippen molar-refractivity contribution >= 4 is 30.6 Å². The van der Waals surface area contributed by atoms with Crippen LogP contribution in [0.4, 0.5) is 10.2 Å². The Bertz CT molecular complexity index is 1460. The van der Waals surface area contributed by atoms with Gasteiger partial charge in [-0.15, -0.1) is 0 Å². The van der Waals surface area contributed by atoms with E-state index in [1.54, 1.807) is 38.1 Å². The minimum Gasteiger partial charge on any atom is -0.462 e. The fraction of sp³-hybridized carbons (Fsp3) is 0.458. The van der Waals surface area contributed by atoms with E-state index in [0.29, 0.717) is 0 Å². The largest absolute Gasteiger partial charge is 0.462 e. The number of aromatic nitrogens is 4. The van der Waals surface area contributed by atoms with Gasteiger partial charge in [-0.1, -0.05) is 18.2 Å². The lowest BCUT2D eigenvalue weighted by molar-refractivity contribution is -0.149. The minimum atomic E-state index is -4.38. The van der Waals surface area contributed by atoms with Gasteiger partial charge in [-0.25, -0.2) is 18.9 Å². The minimum absolute atomic E-state index is 0.0102.